The summed E-state index contributed by atoms with van der Waals surface area (Å²) in [7, 11) is 0. The number of carboxylic acids is 2. The Morgan fingerprint density at radius 2 is 2.10 bits per heavy atom. The van der Waals surface area contributed by atoms with Gasteiger partial charge in [-0.3, -0.25) is 14.4 Å². The molecule has 1 saturated carbocycles. The molecule has 0 aromatic carbocycles. The molecule has 0 unspecified atom stereocenters. The first kappa shape index (κ1) is 22.5. The molecule has 5 N–H and O–H groups in total. The van der Waals surface area contributed by atoms with Crippen LogP contribution < -0.4 is 11.1 Å². The molecule has 2 amide bonds. The number of aromatic nitrogens is 1. The molecule has 0 spiro atoms. The van der Waals surface area contributed by atoms with Gasteiger partial charge in [0.25, 0.3) is 5.91 Å². The fraction of sp³-hybridized carbons (Fsp3) is 0.556. The molecule has 13 heteroatoms. The summed E-state index contributed by atoms with van der Waals surface area (Å²) < 4.78 is 0. The van der Waals surface area contributed by atoms with Gasteiger partial charge in [0.05, 0.1) is 0 Å². The van der Waals surface area contributed by atoms with Crippen molar-refractivity contribution in [2.24, 2.45) is 11.1 Å². The summed E-state index contributed by atoms with van der Waals surface area (Å²) in [4.78, 5) is 58.7. The molecule has 12 nitrogen and oxygen atoms in total. The number of nitrogens with two attached hydrogens (primary N) is 1. The van der Waals surface area contributed by atoms with Crippen molar-refractivity contribution >= 4 is 45.9 Å². The van der Waals surface area contributed by atoms with E-state index >= 15 is 0 Å². The Morgan fingerprint density at radius 1 is 1.39 bits per heavy atom. The standard InChI is InChI=1S/C18H23N5O7S/c1-18(2,16(28)29)30-22-13(9-7-31-17(19)20-9)14(26)21-12-8-4-3-5-10(8)23(15(12)27)6-11(24)25/h7-8,10,12H,3-6H2,1-2H3,(H2,19,20)(H,21,26)(H,24,25)(H,28,29)/b22-13+/t8-,10-,12-/m1/s1. The number of fused-ring (bicyclic) bond motifs is 1. The average Bonchev–Trinajstić information content (AvgIpc) is 3.37. The zero-order chi connectivity index (χ0) is 22.9. The third kappa shape index (κ3) is 4.60. The van der Waals surface area contributed by atoms with Crippen LogP contribution in [0.1, 0.15) is 38.8 Å². The lowest BCUT2D eigenvalue weighted by atomic mass is 9.98. The van der Waals surface area contributed by atoms with Crippen LogP contribution in [-0.4, -0.2) is 73.8 Å². The van der Waals surface area contributed by atoms with Crippen LogP contribution in [0.2, 0.25) is 0 Å². The van der Waals surface area contributed by atoms with E-state index < -0.39 is 41.9 Å². The number of amides is 2. The van der Waals surface area contributed by atoms with Gasteiger partial charge in [0.15, 0.2) is 10.8 Å². The van der Waals surface area contributed by atoms with Gasteiger partial charge >= 0.3 is 11.9 Å². The molecular formula is C18H23N5O7S. The van der Waals surface area contributed by atoms with Gasteiger partial charge in [-0.2, -0.15) is 0 Å². The Bertz CT molecular complexity index is 943. The summed E-state index contributed by atoms with van der Waals surface area (Å²) in [6, 6.07) is -1.18. The number of hydrogen-bond donors (Lipinski definition) is 4. The van der Waals surface area contributed by atoms with E-state index in [9.17, 15) is 24.3 Å². The molecule has 1 aliphatic carbocycles. The van der Waals surface area contributed by atoms with Crippen LogP contribution in [0, 0.1) is 5.92 Å². The van der Waals surface area contributed by atoms with Crippen LogP contribution in [0.25, 0.3) is 0 Å². The number of carbonyl (C=O) groups excluding carboxylic acids is 2. The monoisotopic (exact) mass is 453 g/mol. The van der Waals surface area contributed by atoms with Gasteiger partial charge in [-0.25, -0.2) is 9.78 Å². The molecule has 3 rings (SSSR count). The first-order valence-electron chi connectivity index (χ1n) is 9.55. The molecule has 2 aliphatic rings. The van der Waals surface area contributed by atoms with Gasteiger partial charge < -0.3 is 31.0 Å². The number of anilines is 1. The second-order valence-electron chi connectivity index (χ2n) is 7.89. The van der Waals surface area contributed by atoms with Crippen LogP contribution in [0.4, 0.5) is 5.13 Å². The van der Waals surface area contributed by atoms with Gasteiger partial charge in [0.1, 0.15) is 18.3 Å². The molecule has 0 bridgehead atoms. The summed E-state index contributed by atoms with van der Waals surface area (Å²) >= 11 is 1.05. The fourth-order valence-corrected chi connectivity index (χ4v) is 4.34. The van der Waals surface area contributed by atoms with Crippen molar-refractivity contribution in [3.63, 3.8) is 0 Å². The number of rotatable bonds is 8. The quantitative estimate of drug-likeness (QED) is 0.308. The highest BCUT2D eigenvalue weighted by atomic mass is 32.1. The van der Waals surface area contributed by atoms with Crippen molar-refractivity contribution in [2.75, 3.05) is 12.3 Å². The van der Waals surface area contributed by atoms with E-state index in [-0.39, 0.29) is 28.5 Å². The SMILES string of the molecule is CC(C)(O/N=C(/C(=O)N[C@H]1C(=O)N(CC(=O)O)[C@@H]2CCC[C@H]21)c1csc(N)n1)C(=O)O. The fourth-order valence-electron chi connectivity index (χ4n) is 3.79. The van der Waals surface area contributed by atoms with E-state index in [2.05, 4.69) is 15.5 Å². The number of carboxylic acid groups (broad SMARTS) is 2. The maximum Gasteiger partial charge on any atom is 0.350 e. The van der Waals surface area contributed by atoms with Gasteiger partial charge in [0, 0.05) is 17.3 Å². The van der Waals surface area contributed by atoms with E-state index in [4.69, 9.17) is 15.7 Å². The lowest BCUT2D eigenvalue weighted by Crippen LogP contribution is -2.47. The lowest BCUT2D eigenvalue weighted by Gasteiger charge is -2.21. The highest BCUT2D eigenvalue weighted by Crippen LogP contribution is 2.38. The Hall–Kier alpha value is -3.22. The van der Waals surface area contributed by atoms with Crippen molar-refractivity contribution in [2.45, 2.75) is 50.8 Å². The Morgan fingerprint density at radius 3 is 2.68 bits per heavy atom. The van der Waals surface area contributed by atoms with Gasteiger partial charge in [-0.1, -0.05) is 11.6 Å². The topological polar surface area (TPSA) is 185 Å². The molecule has 2 fully saturated rings. The van der Waals surface area contributed by atoms with Gasteiger partial charge in [0.2, 0.25) is 11.5 Å². The Labute approximate surface area is 181 Å². The van der Waals surface area contributed by atoms with E-state index in [1.807, 2.05) is 0 Å². The number of nitrogens with zero attached hydrogens (tertiary/aromatic N) is 3. The normalized spacial score (nSPS) is 23.5. The summed E-state index contributed by atoms with van der Waals surface area (Å²) in [6.07, 6.45) is 2.14. The molecule has 1 aliphatic heterocycles. The number of oxime groups is 1. The average molecular weight is 453 g/mol. The van der Waals surface area contributed by atoms with Crippen LogP contribution in [-0.2, 0) is 24.0 Å². The molecule has 31 heavy (non-hydrogen) atoms. The van der Waals surface area contributed by atoms with Crippen molar-refractivity contribution in [3.05, 3.63) is 11.1 Å². The maximum absolute atomic E-state index is 13.0. The van der Waals surface area contributed by atoms with E-state index in [0.717, 1.165) is 17.8 Å². The zero-order valence-electron chi connectivity index (χ0n) is 16.9. The minimum atomic E-state index is -1.72. The highest BCUT2D eigenvalue weighted by Gasteiger charge is 2.51. The smallest absolute Gasteiger partial charge is 0.350 e. The Balaban J connectivity index is 1.85. The second kappa shape index (κ2) is 8.49. The first-order chi connectivity index (χ1) is 14.5. The number of carbonyl (C=O) groups is 4. The summed E-state index contributed by atoms with van der Waals surface area (Å²) in [5.74, 6) is -3.93. The van der Waals surface area contributed by atoms with Crippen molar-refractivity contribution in [1.82, 2.24) is 15.2 Å². The third-order valence-corrected chi connectivity index (χ3v) is 6.04. The van der Waals surface area contributed by atoms with Crippen LogP contribution in [0.15, 0.2) is 10.5 Å². The lowest BCUT2D eigenvalue weighted by molar-refractivity contribution is -0.161. The van der Waals surface area contributed by atoms with Crippen LogP contribution in [0.3, 0.4) is 0 Å². The molecule has 168 valence electrons. The predicted molar refractivity (Wildman–Crippen MR) is 108 cm³/mol. The molecule has 3 atom stereocenters. The van der Waals surface area contributed by atoms with Crippen molar-refractivity contribution < 1.29 is 34.2 Å². The minimum Gasteiger partial charge on any atom is -0.480 e. The van der Waals surface area contributed by atoms with Gasteiger partial charge in [-0.15, -0.1) is 11.3 Å². The number of aliphatic carboxylic acids is 2. The molecule has 2 heterocycles. The van der Waals surface area contributed by atoms with Crippen LogP contribution >= 0.6 is 11.3 Å². The van der Waals surface area contributed by atoms with Crippen LogP contribution in [0.5, 0.6) is 0 Å². The van der Waals surface area contributed by atoms with E-state index in [0.29, 0.717) is 12.8 Å². The van der Waals surface area contributed by atoms with E-state index in [1.165, 1.54) is 24.1 Å². The number of nitrogen functional groups attached to an aromatic ring is 1. The minimum absolute atomic E-state index is 0.0667. The second-order valence-corrected chi connectivity index (χ2v) is 8.78. The number of likely N-dealkylation sites (tertiary alicyclic amines) is 1. The number of thiazole rings is 1. The molecule has 0 radical (unpaired) electrons. The summed E-state index contributed by atoms with van der Waals surface area (Å²) in [5.41, 5.74) is 3.65. The number of nitrogens with one attached hydrogen (secondary N) is 1. The zero-order valence-corrected chi connectivity index (χ0v) is 17.7. The maximum atomic E-state index is 13.0. The largest absolute Gasteiger partial charge is 0.480 e. The van der Waals surface area contributed by atoms with Crippen molar-refractivity contribution in [1.29, 1.82) is 0 Å². The number of hydrogen-bond acceptors (Lipinski definition) is 9. The highest BCUT2D eigenvalue weighted by molar-refractivity contribution is 7.13. The summed E-state index contributed by atoms with van der Waals surface area (Å²) in [5, 5.41) is 26.3. The molecular weight excluding hydrogens is 430 g/mol. The molecule has 1 saturated heterocycles. The van der Waals surface area contributed by atoms with Crippen molar-refractivity contribution in [3.8, 4) is 0 Å². The molecule has 1 aromatic rings. The summed E-state index contributed by atoms with van der Waals surface area (Å²) in [6.45, 7) is 2.08. The molecule has 1 aromatic heterocycles. The predicted octanol–water partition coefficient (Wildman–Crippen LogP) is -0.110. The Kier molecular flexibility index (Phi) is 6.15. The third-order valence-electron chi connectivity index (χ3n) is 5.36. The van der Waals surface area contributed by atoms with E-state index in [1.54, 1.807) is 0 Å². The van der Waals surface area contributed by atoms with Gasteiger partial charge in [-0.05, 0) is 26.7 Å². The first-order valence-corrected chi connectivity index (χ1v) is 10.4.